The maximum absolute atomic E-state index is 6.17. The van der Waals surface area contributed by atoms with Crippen LogP contribution in [0.15, 0.2) is 0 Å². The average molecular weight is 256 g/mol. The van der Waals surface area contributed by atoms with Crippen LogP contribution in [0.5, 0.6) is 0 Å². The lowest BCUT2D eigenvalue weighted by atomic mass is 9.68. The summed E-state index contributed by atoms with van der Waals surface area (Å²) in [7, 11) is 0. The van der Waals surface area contributed by atoms with Gasteiger partial charge in [-0.15, -0.1) is 0 Å². The summed E-state index contributed by atoms with van der Waals surface area (Å²) in [6.45, 7) is 9.27. The molecule has 1 aliphatic heterocycles. The third-order valence-corrected chi connectivity index (χ3v) is 6.08. The van der Waals surface area contributed by atoms with Crippen molar-refractivity contribution < 1.29 is 0 Å². The molecule has 0 amide bonds. The Morgan fingerprint density at radius 2 is 1.88 bits per heavy atom. The van der Waals surface area contributed by atoms with E-state index < -0.39 is 0 Å². The highest BCUT2D eigenvalue weighted by Crippen LogP contribution is 2.44. The third kappa shape index (κ3) is 2.82. The fraction of sp³-hybridized carbons (Fsp3) is 1.00. The molecule has 3 heteroatoms. The van der Waals surface area contributed by atoms with Crippen molar-refractivity contribution in [3.63, 3.8) is 0 Å². The van der Waals surface area contributed by atoms with Crippen LogP contribution in [0.3, 0.4) is 0 Å². The van der Waals surface area contributed by atoms with Crippen molar-refractivity contribution in [1.82, 2.24) is 4.90 Å². The number of hydrogen-bond acceptors (Lipinski definition) is 3. The molecule has 2 rings (SSSR count). The molecule has 0 aromatic heterocycles. The van der Waals surface area contributed by atoms with Gasteiger partial charge in [0.25, 0.3) is 0 Å². The monoisotopic (exact) mass is 256 g/mol. The summed E-state index contributed by atoms with van der Waals surface area (Å²) in [5.41, 5.74) is 7.02. The average Bonchev–Trinajstić information content (AvgIpc) is 2.31. The number of nitrogens with two attached hydrogens (primary N) is 1. The Labute approximate surface area is 111 Å². The largest absolute Gasteiger partial charge is 0.329 e. The zero-order valence-electron chi connectivity index (χ0n) is 11.7. The molecule has 100 valence electrons. The quantitative estimate of drug-likeness (QED) is 0.824. The second-order valence-electron chi connectivity index (χ2n) is 6.71. The van der Waals surface area contributed by atoms with E-state index in [1.807, 2.05) is 0 Å². The summed E-state index contributed by atoms with van der Waals surface area (Å²) in [6, 6.07) is 0.707. The first kappa shape index (κ1) is 13.7. The molecule has 1 unspecified atom stereocenters. The van der Waals surface area contributed by atoms with Gasteiger partial charge in [-0.3, -0.25) is 4.90 Å². The molecule has 1 aliphatic carbocycles. The molecule has 2 aliphatic rings. The molecule has 1 atom stereocenters. The SMILES string of the molecule is CC1CSCCN1C1(CN)CCC(C)(C)CC1. The molecule has 17 heavy (non-hydrogen) atoms. The Bertz CT molecular complexity index is 255. The third-order valence-electron chi connectivity index (χ3n) is 4.89. The van der Waals surface area contributed by atoms with E-state index in [1.165, 1.54) is 43.7 Å². The van der Waals surface area contributed by atoms with E-state index in [0.717, 1.165) is 6.54 Å². The number of hydrogen-bond donors (Lipinski definition) is 1. The molecule has 2 fully saturated rings. The molecule has 2 N–H and O–H groups in total. The topological polar surface area (TPSA) is 29.3 Å². The van der Waals surface area contributed by atoms with E-state index >= 15 is 0 Å². The minimum absolute atomic E-state index is 0.315. The number of rotatable bonds is 2. The first-order valence-corrected chi connectivity index (χ1v) is 8.19. The second kappa shape index (κ2) is 5.10. The first-order chi connectivity index (χ1) is 7.99. The van der Waals surface area contributed by atoms with Gasteiger partial charge in [0, 0.05) is 36.2 Å². The molecular formula is C14H28N2S. The fourth-order valence-corrected chi connectivity index (χ4v) is 4.45. The molecule has 0 bridgehead atoms. The predicted octanol–water partition coefficient (Wildman–Crippen LogP) is 2.72. The van der Waals surface area contributed by atoms with Gasteiger partial charge in [0.2, 0.25) is 0 Å². The zero-order valence-corrected chi connectivity index (χ0v) is 12.5. The van der Waals surface area contributed by atoms with E-state index in [4.69, 9.17) is 5.73 Å². The summed E-state index contributed by atoms with van der Waals surface area (Å²) in [6.07, 6.45) is 5.26. The van der Waals surface area contributed by atoms with Crippen LogP contribution in [-0.2, 0) is 0 Å². The maximum atomic E-state index is 6.17. The Balaban J connectivity index is 2.09. The lowest BCUT2D eigenvalue weighted by Gasteiger charge is -2.53. The van der Waals surface area contributed by atoms with Gasteiger partial charge in [-0.1, -0.05) is 13.8 Å². The molecule has 2 nitrogen and oxygen atoms in total. The van der Waals surface area contributed by atoms with Crippen molar-refractivity contribution in [2.24, 2.45) is 11.1 Å². The lowest BCUT2D eigenvalue weighted by molar-refractivity contribution is 0.00563. The van der Waals surface area contributed by atoms with Gasteiger partial charge >= 0.3 is 0 Å². The van der Waals surface area contributed by atoms with Crippen LogP contribution >= 0.6 is 11.8 Å². The highest BCUT2D eigenvalue weighted by atomic mass is 32.2. The van der Waals surface area contributed by atoms with E-state index in [2.05, 4.69) is 37.4 Å². The van der Waals surface area contributed by atoms with Crippen molar-refractivity contribution in [1.29, 1.82) is 0 Å². The first-order valence-electron chi connectivity index (χ1n) is 7.04. The van der Waals surface area contributed by atoms with E-state index in [9.17, 15) is 0 Å². The van der Waals surface area contributed by atoms with Crippen LogP contribution in [0.25, 0.3) is 0 Å². The van der Waals surface area contributed by atoms with Gasteiger partial charge in [-0.05, 0) is 38.0 Å². The summed E-state index contributed by atoms with van der Waals surface area (Å²) < 4.78 is 0. The van der Waals surface area contributed by atoms with Crippen LogP contribution in [0, 0.1) is 5.41 Å². The molecule has 0 aromatic carbocycles. The van der Waals surface area contributed by atoms with Crippen molar-refractivity contribution in [2.45, 2.75) is 58.0 Å². The minimum atomic E-state index is 0.315. The minimum Gasteiger partial charge on any atom is -0.329 e. The van der Waals surface area contributed by atoms with Gasteiger partial charge in [-0.25, -0.2) is 0 Å². The number of nitrogens with zero attached hydrogens (tertiary/aromatic N) is 1. The molecule has 1 saturated heterocycles. The van der Waals surface area contributed by atoms with Crippen LogP contribution in [-0.4, -0.2) is 41.1 Å². The molecule has 1 heterocycles. The van der Waals surface area contributed by atoms with Crippen LogP contribution < -0.4 is 5.73 Å². The number of thioether (sulfide) groups is 1. The smallest absolute Gasteiger partial charge is 0.0335 e. The van der Waals surface area contributed by atoms with Crippen molar-refractivity contribution in [3.8, 4) is 0 Å². The summed E-state index contributed by atoms with van der Waals surface area (Å²) >= 11 is 2.10. The fourth-order valence-electron chi connectivity index (χ4n) is 3.43. The Hall–Kier alpha value is 0.270. The van der Waals surface area contributed by atoms with Crippen LogP contribution in [0.1, 0.15) is 46.5 Å². The van der Waals surface area contributed by atoms with Gasteiger partial charge in [0.1, 0.15) is 0 Å². The molecule has 0 aromatic rings. The maximum Gasteiger partial charge on any atom is 0.0335 e. The van der Waals surface area contributed by atoms with Crippen molar-refractivity contribution in [2.75, 3.05) is 24.6 Å². The molecule has 0 radical (unpaired) electrons. The Morgan fingerprint density at radius 1 is 1.24 bits per heavy atom. The zero-order chi connectivity index (χ0) is 12.5. The normalized spacial score (nSPS) is 33.5. The predicted molar refractivity (Wildman–Crippen MR) is 77.5 cm³/mol. The summed E-state index contributed by atoms with van der Waals surface area (Å²) in [5, 5.41) is 0. The highest BCUT2D eigenvalue weighted by Gasteiger charge is 2.43. The van der Waals surface area contributed by atoms with E-state index in [0.29, 0.717) is 17.0 Å². The molecule has 1 saturated carbocycles. The van der Waals surface area contributed by atoms with Crippen LogP contribution in [0.2, 0.25) is 0 Å². The highest BCUT2D eigenvalue weighted by molar-refractivity contribution is 7.99. The van der Waals surface area contributed by atoms with E-state index in [1.54, 1.807) is 0 Å². The van der Waals surface area contributed by atoms with Crippen molar-refractivity contribution >= 4 is 11.8 Å². The second-order valence-corrected chi connectivity index (χ2v) is 7.86. The van der Waals surface area contributed by atoms with E-state index in [-0.39, 0.29) is 0 Å². The standard InChI is InChI=1S/C14H28N2S/c1-12-10-17-9-8-16(12)14(11-15)6-4-13(2,3)5-7-14/h12H,4-11,15H2,1-3H3. The van der Waals surface area contributed by atoms with Crippen molar-refractivity contribution in [3.05, 3.63) is 0 Å². The lowest BCUT2D eigenvalue weighted by Crippen LogP contribution is -2.61. The van der Waals surface area contributed by atoms with Gasteiger partial charge in [0.15, 0.2) is 0 Å². The van der Waals surface area contributed by atoms with Crippen LogP contribution in [0.4, 0.5) is 0 Å². The van der Waals surface area contributed by atoms with Gasteiger partial charge in [-0.2, -0.15) is 11.8 Å². The molecule has 0 spiro atoms. The Kier molecular flexibility index (Phi) is 4.11. The summed E-state index contributed by atoms with van der Waals surface area (Å²) in [4.78, 5) is 2.73. The molecular weight excluding hydrogens is 228 g/mol. The Morgan fingerprint density at radius 3 is 2.41 bits per heavy atom. The van der Waals surface area contributed by atoms with Gasteiger partial charge < -0.3 is 5.73 Å². The summed E-state index contributed by atoms with van der Waals surface area (Å²) in [5.74, 6) is 2.57. The van der Waals surface area contributed by atoms with Gasteiger partial charge in [0.05, 0.1) is 0 Å².